The number of nitrogens with two attached hydrogens (primary N) is 1. The molecule has 1 atom stereocenters. The Morgan fingerprint density at radius 3 is 2.42 bits per heavy atom. The Bertz CT molecular complexity index is 434. The highest BCUT2D eigenvalue weighted by molar-refractivity contribution is 5.59. The van der Waals surface area contributed by atoms with Crippen LogP contribution in [0, 0.1) is 0 Å². The van der Waals surface area contributed by atoms with Gasteiger partial charge in [0.25, 0.3) is 0 Å². The summed E-state index contributed by atoms with van der Waals surface area (Å²) in [7, 11) is 0. The molecule has 0 aliphatic rings. The second-order valence-electron chi connectivity index (χ2n) is 4.81. The second kappa shape index (κ2) is 5.69. The zero-order chi connectivity index (χ0) is 14.7. The van der Waals surface area contributed by atoms with Crippen molar-refractivity contribution in [1.29, 1.82) is 0 Å². The van der Waals surface area contributed by atoms with Gasteiger partial charge in [-0.25, -0.2) is 0 Å². The van der Waals surface area contributed by atoms with Gasteiger partial charge in [0.2, 0.25) is 0 Å². The second-order valence-corrected chi connectivity index (χ2v) is 4.81. The molecule has 1 rings (SSSR count). The van der Waals surface area contributed by atoms with Gasteiger partial charge in [-0.2, -0.15) is 13.2 Å². The van der Waals surface area contributed by atoms with Gasteiger partial charge >= 0.3 is 6.18 Å². The normalized spacial score (nSPS) is 15.1. The van der Waals surface area contributed by atoms with E-state index in [4.69, 9.17) is 10.8 Å². The van der Waals surface area contributed by atoms with Gasteiger partial charge in [-0.3, -0.25) is 0 Å². The summed E-state index contributed by atoms with van der Waals surface area (Å²) >= 11 is 0. The van der Waals surface area contributed by atoms with Crippen LogP contribution in [0.4, 0.5) is 24.5 Å². The molecule has 19 heavy (non-hydrogen) atoms. The Morgan fingerprint density at radius 2 is 1.95 bits per heavy atom. The molecule has 0 fully saturated rings. The SMILES string of the molecule is CCC(C)(CCO)Nc1ccc(N)c(C(F)(F)F)c1. The number of nitrogen functional groups attached to an aromatic ring is 1. The van der Waals surface area contributed by atoms with Crippen LogP contribution in [0.1, 0.15) is 32.3 Å². The minimum Gasteiger partial charge on any atom is -0.398 e. The van der Waals surface area contributed by atoms with E-state index < -0.39 is 17.3 Å². The Hall–Kier alpha value is -1.43. The van der Waals surface area contributed by atoms with Crippen LogP contribution < -0.4 is 11.1 Å². The van der Waals surface area contributed by atoms with Crippen molar-refractivity contribution < 1.29 is 18.3 Å². The van der Waals surface area contributed by atoms with Crippen LogP contribution in [0.3, 0.4) is 0 Å². The van der Waals surface area contributed by atoms with Crippen molar-refractivity contribution in [3.63, 3.8) is 0 Å². The third-order valence-corrected chi connectivity index (χ3v) is 3.25. The van der Waals surface area contributed by atoms with Crippen molar-refractivity contribution in [2.24, 2.45) is 0 Å². The third-order valence-electron chi connectivity index (χ3n) is 3.25. The molecule has 0 bridgehead atoms. The summed E-state index contributed by atoms with van der Waals surface area (Å²) in [4.78, 5) is 0. The molecular weight excluding hydrogens is 257 g/mol. The number of anilines is 2. The molecule has 0 aliphatic heterocycles. The Labute approximate surface area is 110 Å². The number of aliphatic hydroxyl groups excluding tert-OH is 1. The largest absolute Gasteiger partial charge is 0.418 e. The van der Waals surface area contributed by atoms with Gasteiger partial charge in [-0.15, -0.1) is 0 Å². The lowest BCUT2D eigenvalue weighted by atomic mass is 9.94. The molecule has 0 radical (unpaired) electrons. The molecule has 1 unspecified atom stereocenters. The smallest absolute Gasteiger partial charge is 0.398 e. The van der Waals surface area contributed by atoms with Crippen LogP contribution in [0.2, 0.25) is 0 Å². The highest BCUT2D eigenvalue weighted by Crippen LogP contribution is 2.36. The molecule has 0 spiro atoms. The summed E-state index contributed by atoms with van der Waals surface area (Å²) in [5.74, 6) is 0. The number of halogens is 3. The van der Waals surface area contributed by atoms with E-state index in [0.29, 0.717) is 18.5 Å². The van der Waals surface area contributed by atoms with Gasteiger partial charge in [0.05, 0.1) is 5.56 Å². The molecule has 0 saturated carbocycles. The van der Waals surface area contributed by atoms with Crippen LogP contribution in [0.15, 0.2) is 18.2 Å². The standard InChI is InChI=1S/C13H19F3N2O/c1-3-12(2,6-7-19)18-9-4-5-11(17)10(8-9)13(14,15)16/h4-5,8,18-19H,3,6-7,17H2,1-2H3. The summed E-state index contributed by atoms with van der Waals surface area (Å²) in [5.41, 5.74) is 4.10. The lowest BCUT2D eigenvalue weighted by Gasteiger charge is -2.30. The van der Waals surface area contributed by atoms with E-state index in [2.05, 4.69) is 5.32 Å². The van der Waals surface area contributed by atoms with Crippen molar-refractivity contribution in [2.75, 3.05) is 17.7 Å². The summed E-state index contributed by atoms with van der Waals surface area (Å²) in [6.07, 6.45) is -3.34. The van der Waals surface area contributed by atoms with Crippen LogP contribution >= 0.6 is 0 Å². The van der Waals surface area contributed by atoms with Crippen LogP contribution in [0.5, 0.6) is 0 Å². The minimum atomic E-state index is -4.47. The van der Waals surface area contributed by atoms with Crippen LogP contribution in [-0.4, -0.2) is 17.3 Å². The van der Waals surface area contributed by atoms with E-state index in [0.717, 1.165) is 6.07 Å². The van der Waals surface area contributed by atoms with Crippen molar-refractivity contribution in [2.45, 2.75) is 38.4 Å². The number of hydrogen-bond acceptors (Lipinski definition) is 3. The average molecular weight is 276 g/mol. The van der Waals surface area contributed by atoms with E-state index in [-0.39, 0.29) is 12.3 Å². The monoisotopic (exact) mass is 276 g/mol. The van der Waals surface area contributed by atoms with Gasteiger partial charge in [-0.05, 0) is 38.0 Å². The summed E-state index contributed by atoms with van der Waals surface area (Å²) in [5, 5.41) is 12.0. The van der Waals surface area contributed by atoms with Gasteiger partial charge < -0.3 is 16.2 Å². The number of aliphatic hydroxyl groups is 1. The molecule has 0 aliphatic carbocycles. The molecule has 4 N–H and O–H groups in total. The molecule has 0 heterocycles. The van der Waals surface area contributed by atoms with E-state index in [1.165, 1.54) is 12.1 Å². The summed E-state index contributed by atoms with van der Waals surface area (Å²) in [6.45, 7) is 3.73. The topological polar surface area (TPSA) is 58.3 Å². The maximum absolute atomic E-state index is 12.7. The Balaban J connectivity index is 3.03. The Morgan fingerprint density at radius 1 is 1.32 bits per heavy atom. The molecule has 0 saturated heterocycles. The van der Waals surface area contributed by atoms with Crippen LogP contribution in [0.25, 0.3) is 0 Å². The molecular formula is C13H19F3N2O. The first kappa shape index (κ1) is 15.6. The first-order valence-corrected chi connectivity index (χ1v) is 6.07. The maximum atomic E-state index is 12.7. The van der Waals surface area contributed by atoms with Crippen molar-refractivity contribution in [1.82, 2.24) is 0 Å². The quantitative estimate of drug-likeness (QED) is 0.723. The van der Waals surface area contributed by atoms with E-state index >= 15 is 0 Å². The molecule has 1 aromatic rings. The first-order valence-electron chi connectivity index (χ1n) is 6.07. The fraction of sp³-hybridized carbons (Fsp3) is 0.538. The van der Waals surface area contributed by atoms with Gasteiger partial charge in [0.1, 0.15) is 0 Å². The van der Waals surface area contributed by atoms with Crippen molar-refractivity contribution >= 4 is 11.4 Å². The van der Waals surface area contributed by atoms with Crippen molar-refractivity contribution in [3.05, 3.63) is 23.8 Å². The molecule has 6 heteroatoms. The van der Waals surface area contributed by atoms with Gasteiger partial charge in [0.15, 0.2) is 0 Å². The molecule has 0 aromatic heterocycles. The fourth-order valence-corrected chi connectivity index (χ4v) is 1.80. The summed E-state index contributed by atoms with van der Waals surface area (Å²) < 4.78 is 38.2. The lowest BCUT2D eigenvalue weighted by Crippen LogP contribution is -2.35. The van der Waals surface area contributed by atoms with Crippen molar-refractivity contribution in [3.8, 4) is 0 Å². The zero-order valence-electron chi connectivity index (χ0n) is 11.0. The third kappa shape index (κ3) is 4.02. The molecule has 0 amide bonds. The number of alkyl halides is 3. The van der Waals surface area contributed by atoms with E-state index in [9.17, 15) is 13.2 Å². The fourth-order valence-electron chi connectivity index (χ4n) is 1.80. The Kier molecular flexibility index (Phi) is 4.68. The van der Waals surface area contributed by atoms with Crippen LogP contribution in [-0.2, 0) is 6.18 Å². The predicted octanol–water partition coefficient (Wildman–Crippen LogP) is 3.25. The number of rotatable bonds is 5. The van der Waals surface area contributed by atoms with E-state index in [1.54, 1.807) is 0 Å². The first-order chi connectivity index (χ1) is 8.72. The van der Waals surface area contributed by atoms with Gasteiger partial charge in [-0.1, -0.05) is 6.92 Å². The highest BCUT2D eigenvalue weighted by Gasteiger charge is 2.33. The number of hydrogen-bond donors (Lipinski definition) is 3. The summed E-state index contributed by atoms with van der Waals surface area (Å²) in [6, 6.07) is 3.75. The molecule has 1 aromatic carbocycles. The molecule has 108 valence electrons. The predicted molar refractivity (Wildman–Crippen MR) is 69.9 cm³/mol. The number of benzene rings is 1. The average Bonchev–Trinajstić information content (AvgIpc) is 2.30. The van der Waals surface area contributed by atoms with E-state index in [1.807, 2.05) is 13.8 Å². The zero-order valence-corrected chi connectivity index (χ0v) is 11.0. The maximum Gasteiger partial charge on any atom is 0.418 e. The number of nitrogens with one attached hydrogen (secondary N) is 1. The van der Waals surface area contributed by atoms with Gasteiger partial charge in [0, 0.05) is 23.5 Å². The highest BCUT2D eigenvalue weighted by atomic mass is 19.4. The molecule has 3 nitrogen and oxygen atoms in total. The lowest BCUT2D eigenvalue weighted by molar-refractivity contribution is -0.136. The minimum absolute atomic E-state index is 0.0293.